The van der Waals surface area contributed by atoms with Crippen molar-refractivity contribution in [1.29, 1.82) is 0 Å². The molecule has 8 heteroatoms. The van der Waals surface area contributed by atoms with Gasteiger partial charge < -0.3 is 10.1 Å². The van der Waals surface area contributed by atoms with Crippen LogP contribution in [0.5, 0.6) is 6.01 Å². The van der Waals surface area contributed by atoms with Crippen LogP contribution in [0.1, 0.15) is 13.3 Å². The Morgan fingerprint density at radius 3 is 2.75 bits per heavy atom. The van der Waals surface area contributed by atoms with E-state index in [1.165, 1.54) is 12.1 Å². The number of ether oxygens (including phenoxy) is 1. The Bertz CT molecular complexity index is 580. The molecule has 4 N–H and O–H groups in total. The highest BCUT2D eigenvalue weighted by Crippen LogP contribution is 2.17. The number of aromatic nitrogens is 3. The van der Waals surface area contributed by atoms with Gasteiger partial charge in [0.15, 0.2) is 0 Å². The lowest BCUT2D eigenvalue weighted by Gasteiger charge is -2.08. The molecule has 7 nitrogen and oxygen atoms in total. The quantitative estimate of drug-likeness (QED) is 0.547. The van der Waals surface area contributed by atoms with Gasteiger partial charge in [-0.2, -0.15) is 15.0 Å². The van der Waals surface area contributed by atoms with E-state index in [0.29, 0.717) is 12.3 Å². The van der Waals surface area contributed by atoms with E-state index in [0.717, 1.165) is 6.42 Å². The first-order valence-corrected chi connectivity index (χ1v) is 6.09. The van der Waals surface area contributed by atoms with Crippen molar-refractivity contribution in [1.82, 2.24) is 15.0 Å². The minimum Gasteiger partial charge on any atom is -0.463 e. The third-order valence-corrected chi connectivity index (χ3v) is 2.26. The van der Waals surface area contributed by atoms with Gasteiger partial charge in [-0.05, 0) is 24.6 Å². The molecule has 0 spiro atoms. The lowest BCUT2D eigenvalue weighted by molar-refractivity contribution is 0.292. The molecule has 0 saturated heterocycles. The van der Waals surface area contributed by atoms with Gasteiger partial charge in [0.2, 0.25) is 11.9 Å². The molecule has 0 saturated carbocycles. The maximum Gasteiger partial charge on any atom is 0.323 e. The summed E-state index contributed by atoms with van der Waals surface area (Å²) in [5.74, 6) is 5.30. The highest BCUT2D eigenvalue weighted by molar-refractivity contribution is 5.54. The lowest BCUT2D eigenvalue weighted by Crippen LogP contribution is -2.13. The lowest BCUT2D eigenvalue weighted by atomic mass is 10.3. The number of hydrazine groups is 1. The summed E-state index contributed by atoms with van der Waals surface area (Å²) in [6.45, 7) is 2.45. The van der Waals surface area contributed by atoms with Gasteiger partial charge in [0.05, 0.1) is 6.61 Å². The summed E-state index contributed by atoms with van der Waals surface area (Å²) in [6, 6.07) is 6.09. The minimum atomic E-state index is -0.358. The number of nitrogens with zero attached hydrogens (tertiary/aromatic N) is 3. The van der Waals surface area contributed by atoms with E-state index in [9.17, 15) is 4.39 Å². The normalized spacial score (nSPS) is 10.2. The zero-order valence-corrected chi connectivity index (χ0v) is 10.9. The Kier molecular flexibility index (Phi) is 4.61. The highest BCUT2D eigenvalue weighted by Gasteiger charge is 2.07. The first kappa shape index (κ1) is 13.9. The summed E-state index contributed by atoms with van der Waals surface area (Å²) in [6.07, 6.45) is 0.823. The molecule has 0 aliphatic carbocycles. The first-order valence-electron chi connectivity index (χ1n) is 6.09. The van der Waals surface area contributed by atoms with Crippen molar-refractivity contribution in [2.75, 3.05) is 17.3 Å². The van der Waals surface area contributed by atoms with Crippen molar-refractivity contribution >= 4 is 17.6 Å². The number of nitrogen functional groups attached to an aromatic ring is 1. The van der Waals surface area contributed by atoms with Crippen LogP contribution in [0.3, 0.4) is 0 Å². The Hall–Kier alpha value is -2.48. The summed E-state index contributed by atoms with van der Waals surface area (Å²) < 4.78 is 18.4. The van der Waals surface area contributed by atoms with Crippen molar-refractivity contribution in [2.24, 2.45) is 5.84 Å². The molecule has 20 heavy (non-hydrogen) atoms. The Morgan fingerprint density at radius 1 is 1.25 bits per heavy atom. The number of hydrogen-bond donors (Lipinski definition) is 3. The molecule has 2 aromatic rings. The molecule has 0 aliphatic rings. The number of halogens is 1. The number of nitrogens with one attached hydrogen (secondary N) is 2. The predicted octanol–water partition coefficient (Wildman–Crippen LogP) is 1.83. The smallest absolute Gasteiger partial charge is 0.323 e. The van der Waals surface area contributed by atoms with Gasteiger partial charge in [0, 0.05) is 5.69 Å². The maximum absolute atomic E-state index is 13.1. The molecule has 2 rings (SSSR count). The molecule has 0 bridgehead atoms. The van der Waals surface area contributed by atoms with E-state index < -0.39 is 0 Å². The molecule has 106 valence electrons. The second kappa shape index (κ2) is 6.62. The van der Waals surface area contributed by atoms with Crippen LogP contribution in [0.2, 0.25) is 0 Å². The standard InChI is InChI=1S/C12H15FN6O/c1-2-6-20-12-17-10(16-11(18-12)19-14)15-9-5-3-4-8(13)7-9/h3-5,7H,2,6,14H2,1H3,(H2,15,16,17,18,19). The molecular formula is C12H15FN6O. The van der Waals surface area contributed by atoms with Gasteiger partial charge >= 0.3 is 6.01 Å². The summed E-state index contributed by atoms with van der Waals surface area (Å²) in [4.78, 5) is 12.0. The third-order valence-electron chi connectivity index (χ3n) is 2.26. The van der Waals surface area contributed by atoms with E-state index in [4.69, 9.17) is 10.6 Å². The maximum atomic E-state index is 13.1. The number of hydrogen-bond acceptors (Lipinski definition) is 7. The van der Waals surface area contributed by atoms with Crippen LogP contribution in [0.25, 0.3) is 0 Å². The van der Waals surface area contributed by atoms with Crippen LogP contribution in [0, 0.1) is 5.82 Å². The Labute approximate surface area is 115 Å². The fraction of sp³-hybridized carbons (Fsp3) is 0.250. The molecule has 0 amide bonds. The average molecular weight is 278 g/mol. The van der Waals surface area contributed by atoms with E-state index in [-0.39, 0.29) is 23.7 Å². The SMILES string of the molecule is CCCOc1nc(NN)nc(Nc2cccc(F)c2)n1. The molecule has 0 radical (unpaired) electrons. The number of anilines is 3. The van der Waals surface area contributed by atoms with Crippen molar-refractivity contribution in [3.8, 4) is 6.01 Å². The monoisotopic (exact) mass is 278 g/mol. The first-order chi connectivity index (χ1) is 9.71. The summed E-state index contributed by atoms with van der Waals surface area (Å²) in [5.41, 5.74) is 2.84. The topological polar surface area (TPSA) is 98.0 Å². The molecule has 0 atom stereocenters. The molecule has 0 aliphatic heterocycles. The summed E-state index contributed by atoms with van der Waals surface area (Å²) in [5, 5.41) is 2.86. The number of benzene rings is 1. The van der Waals surface area contributed by atoms with Gasteiger partial charge in [-0.25, -0.2) is 10.2 Å². The van der Waals surface area contributed by atoms with Gasteiger partial charge in [-0.3, -0.25) is 5.43 Å². The minimum absolute atomic E-state index is 0.147. The van der Waals surface area contributed by atoms with Gasteiger partial charge in [0.1, 0.15) is 5.82 Å². The number of nitrogens with two attached hydrogens (primary N) is 1. The van der Waals surface area contributed by atoms with Crippen LogP contribution < -0.4 is 21.3 Å². The van der Waals surface area contributed by atoms with E-state index in [2.05, 4.69) is 25.7 Å². The molecular weight excluding hydrogens is 263 g/mol. The van der Waals surface area contributed by atoms with Crippen LogP contribution >= 0.6 is 0 Å². The number of rotatable bonds is 6. The van der Waals surface area contributed by atoms with Crippen molar-refractivity contribution in [3.63, 3.8) is 0 Å². The highest BCUT2D eigenvalue weighted by atomic mass is 19.1. The third kappa shape index (κ3) is 3.75. The van der Waals surface area contributed by atoms with E-state index in [1.54, 1.807) is 12.1 Å². The zero-order valence-electron chi connectivity index (χ0n) is 10.9. The molecule has 0 unspecified atom stereocenters. The van der Waals surface area contributed by atoms with Gasteiger partial charge in [-0.15, -0.1) is 0 Å². The van der Waals surface area contributed by atoms with E-state index in [1.807, 2.05) is 6.92 Å². The molecule has 1 aromatic carbocycles. The fourth-order valence-corrected chi connectivity index (χ4v) is 1.43. The Morgan fingerprint density at radius 2 is 2.05 bits per heavy atom. The molecule has 1 heterocycles. The summed E-state index contributed by atoms with van der Waals surface area (Å²) >= 11 is 0. The summed E-state index contributed by atoms with van der Waals surface area (Å²) in [7, 11) is 0. The van der Waals surface area contributed by atoms with Crippen molar-refractivity contribution < 1.29 is 9.13 Å². The van der Waals surface area contributed by atoms with Crippen LogP contribution in [0.4, 0.5) is 22.0 Å². The zero-order chi connectivity index (χ0) is 14.4. The van der Waals surface area contributed by atoms with E-state index >= 15 is 0 Å². The van der Waals surface area contributed by atoms with Gasteiger partial charge in [0.25, 0.3) is 0 Å². The van der Waals surface area contributed by atoms with Crippen LogP contribution in [-0.2, 0) is 0 Å². The van der Waals surface area contributed by atoms with Gasteiger partial charge in [-0.1, -0.05) is 13.0 Å². The fourth-order valence-electron chi connectivity index (χ4n) is 1.43. The Balaban J connectivity index is 2.21. The van der Waals surface area contributed by atoms with Crippen LogP contribution in [0.15, 0.2) is 24.3 Å². The van der Waals surface area contributed by atoms with Crippen molar-refractivity contribution in [2.45, 2.75) is 13.3 Å². The molecule has 0 fully saturated rings. The van der Waals surface area contributed by atoms with Crippen molar-refractivity contribution in [3.05, 3.63) is 30.1 Å². The second-order valence-electron chi connectivity index (χ2n) is 3.89. The average Bonchev–Trinajstić information content (AvgIpc) is 2.45. The second-order valence-corrected chi connectivity index (χ2v) is 3.89. The van der Waals surface area contributed by atoms with Crippen LogP contribution in [-0.4, -0.2) is 21.6 Å². The predicted molar refractivity (Wildman–Crippen MR) is 73.1 cm³/mol. The largest absolute Gasteiger partial charge is 0.463 e. The molecule has 1 aromatic heterocycles.